The summed E-state index contributed by atoms with van der Waals surface area (Å²) in [5, 5.41) is 10.6. The highest BCUT2D eigenvalue weighted by Crippen LogP contribution is 2.32. The molecule has 33 heavy (non-hydrogen) atoms. The number of hydrogen-bond acceptors (Lipinski definition) is 6. The van der Waals surface area contributed by atoms with Gasteiger partial charge in [-0.05, 0) is 56.7 Å². The number of benzene rings is 2. The highest BCUT2D eigenvalue weighted by molar-refractivity contribution is 7.95. The molecule has 0 atom stereocenters. The first-order valence-electron chi connectivity index (χ1n) is 10.6. The number of carbonyl (C=O) groups excluding carboxylic acids is 1. The molecular formula is C23H28N5O3S2-. The van der Waals surface area contributed by atoms with Crippen LogP contribution in [0.1, 0.15) is 19.0 Å². The van der Waals surface area contributed by atoms with Crippen LogP contribution in [0.25, 0.3) is 16.3 Å². The number of nitrogens with zero attached hydrogens (tertiary/aromatic N) is 3. The molecule has 2 N–H and O–H groups in total. The van der Waals surface area contributed by atoms with E-state index in [4.69, 9.17) is 5.14 Å². The zero-order chi connectivity index (χ0) is 24.0. The summed E-state index contributed by atoms with van der Waals surface area (Å²) in [5.41, 5.74) is 3.05. The van der Waals surface area contributed by atoms with Crippen molar-refractivity contribution in [3.8, 4) is 11.1 Å². The van der Waals surface area contributed by atoms with Crippen molar-refractivity contribution in [2.24, 2.45) is 0 Å². The molecule has 1 heterocycles. The van der Waals surface area contributed by atoms with Gasteiger partial charge in [-0.2, -0.15) is 0 Å². The number of thiazole rings is 1. The van der Waals surface area contributed by atoms with Gasteiger partial charge in [0.05, 0.1) is 5.69 Å². The van der Waals surface area contributed by atoms with Crippen LogP contribution in [0.3, 0.4) is 0 Å². The summed E-state index contributed by atoms with van der Waals surface area (Å²) in [6, 6.07) is 17.1. The first-order chi connectivity index (χ1) is 15.7. The average Bonchev–Trinajstić information content (AvgIpc) is 3.22. The fourth-order valence-corrected chi connectivity index (χ4v) is 5.35. The van der Waals surface area contributed by atoms with E-state index >= 15 is 0 Å². The maximum Gasteiger partial charge on any atom is 0.328 e. The second kappa shape index (κ2) is 10.9. The number of aryl methyl sites for hydroxylation is 1. The van der Waals surface area contributed by atoms with Crippen LogP contribution < -0.4 is 10.2 Å². The Labute approximate surface area is 199 Å². The van der Waals surface area contributed by atoms with Crippen molar-refractivity contribution >= 4 is 38.2 Å². The molecule has 0 spiro atoms. The van der Waals surface area contributed by atoms with Gasteiger partial charge in [-0.15, -0.1) is 0 Å². The Balaban J connectivity index is 1.83. The van der Waals surface area contributed by atoms with Crippen LogP contribution >= 0.6 is 11.3 Å². The van der Waals surface area contributed by atoms with Crippen molar-refractivity contribution in [3.05, 3.63) is 65.4 Å². The first kappa shape index (κ1) is 24.8. The van der Waals surface area contributed by atoms with E-state index in [9.17, 15) is 13.2 Å². The maximum atomic E-state index is 13.2. The van der Waals surface area contributed by atoms with Crippen LogP contribution in [0.2, 0.25) is 0 Å². The number of urea groups is 1. The average molecular weight is 487 g/mol. The molecule has 0 bridgehead atoms. The lowest BCUT2D eigenvalue weighted by Gasteiger charge is -2.21. The lowest BCUT2D eigenvalue weighted by atomic mass is 10.1. The summed E-state index contributed by atoms with van der Waals surface area (Å²) < 4.78 is 23.6. The van der Waals surface area contributed by atoms with E-state index in [2.05, 4.69) is 10.3 Å². The third kappa shape index (κ3) is 6.61. The molecule has 0 aliphatic rings. The lowest BCUT2D eigenvalue weighted by molar-refractivity contribution is 0.256. The van der Waals surface area contributed by atoms with Crippen LogP contribution in [0.15, 0.2) is 58.8 Å². The van der Waals surface area contributed by atoms with Crippen molar-refractivity contribution < 1.29 is 13.2 Å². The second-order valence-corrected chi connectivity index (χ2v) is 10.4. The zero-order valence-electron chi connectivity index (χ0n) is 18.9. The fraction of sp³-hybridized carbons (Fsp3) is 0.304. The zero-order valence-corrected chi connectivity index (χ0v) is 20.5. The Morgan fingerprint density at radius 1 is 1.03 bits per heavy atom. The van der Waals surface area contributed by atoms with Gasteiger partial charge in [0.1, 0.15) is 14.2 Å². The Bertz CT molecular complexity index is 1180. The normalized spacial score (nSPS) is 11.5. The van der Waals surface area contributed by atoms with Crippen LogP contribution in [-0.4, -0.2) is 51.5 Å². The van der Waals surface area contributed by atoms with Crippen LogP contribution in [-0.2, 0) is 16.4 Å². The van der Waals surface area contributed by atoms with Gasteiger partial charge >= 0.3 is 6.03 Å². The highest BCUT2D eigenvalue weighted by Gasteiger charge is 2.23. The third-order valence-electron chi connectivity index (χ3n) is 4.94. The molecule has 0 saturated heterocycles. The summed E-state index contributed by atoms with van der Waals surface area (Å²) in [5.74, 6) is 0. The standard InChI is InChI=1S/C23H29N5O3S2/c1-4-20-21(33(24,30)31)32-23(26-20)28(16-8-15-27(2)3)22(29)25-19-13-11-18(12-14-19)17-9-6-5-7-10-17/h5-7,9-14H,4,8,15-16H2,1-3H3,(H3,24,25,29,30,31)/p-1. The van der Waals surface area contributed by atoms with Gasteiger partial charge in [0.25, 0.3) is 0 Å². The Kier molecular flexibility index (Phi) is 8.20. The molecule has 3 aromatic rings. The summed E-state index contributed by atoms with van der Waals surface area (Å²) in [4.78, 5) is 21.0. The molecule has 0 aliphatic heterocycles. The topological polar surface area (TPSA) is 106 Å². The van der Waals surface area contributed by atoms with E-state index in [1.165, 1.54) is 4.90 Å². The molecule has 0 aliphatic carbocycles. The van der Waals surface area contributed by atoms with Gasteiger partial charge < -0.3 is 15.4 Å². The highest BCUT2D eigenvalue weighted by atomic mass is 32.2. The van der Waals surface area contributed by atoms with Gasteiger partial charge in [-0.25, -0.2) is 18.2 Å². The van der Waals surface area contributed by atoms with E-state index in [1.807, 2.05) is 73.6 Å². The molecule has 10 heteroatoms. The summed E-state index contributed by atoms with van der Waals surface area (Å²) in [6.07, 6.45) is 1.04. The van der Waals surface area contributed by atoms with Crippen molar-refractivity contribution in [2.45, 2.75) is 24.0 Å². The predicted molar refractivity (Wildman–Crippen MR) is 134 cm³/mol. The smallest absolute Gasteiger partial charge is 0.328 e. The molecule has 8 nitrogen and oxygen atoms in total. The second-order valence-electron chi connectivity index (χ2n) is 7.77. The number of aromatic nitrogens is 1. The molecule has 176 valence electrons. The molecule has 2 amide bonds. The minimum absolute atomic E-state index is 0.113. The van der Waals surface area contributed by atoms with Gasteiger partial charge in [-0.1, -0.05) is 60.7 Å². The van der Waals surface area contributed by atoms with E-state index in [0.29, 0.717) is 30.8 Å². The van der Waals surface area contributed by atoms with Gasteiger partial charge in [0.2, 0.25) is 0 Å². The molecule has 0 unspecified atom stereocenters. The molecule has 1 aromatic heterocycles. The third-order valence-corrected chi connectivity index (χ3v) is 7.48. The van der Waals surface area contributed by atoms with Crippen LogP contribution in [0, 0.1) is 0 Å². The number of rotatable bonds is 9. The number of sulfonamides is 1. The van der Waals surface area contributed by atoms with Gasteiger partial charge in [-0.3, -0.25) is 4.90 Å². The van der Waals surface area contributed by atoms with Crippen LogP contribution in [0.4, 0.5) is 15.6 Å². The Morgan fingerprint density at radius 2 is 1.67 bits per heavy atom. The Hall–Kier alpha value is -2.79. The minimum Gasteiger partial charge on any atom is -0.559 e. The van der Waals surface area contributed by atoms with Crippen molar-refractivity contribution in [3.63, 3.8) is 0 Å². The molecular weight excluding hydrogens is 458 g/mol. The minimum atomic E-state index is -4.17. The fourth-order valence-electron chi connectivity index (χ4n) is 3.27. The maximum absolute atomic E-state index is 13.2. The molecule has 2 aromatic carbocycles. The monoisotopic (exact) mass is 486 g/mol. The number of hydrogen-bond donors (Lipinski definition) is 1. The summed E-state index contributed by atoms with van der Waals surface area (Å²) in [7, 11) is -0.276. The Morgan fingerprint density at radius 3 is 2.21 bits per heavy atom. The van der Waals surface area contributed by atoms with E-state index in [-0.39, 0.29) is 9.34 Å². The lowest BCUT2D eigenvalue weighted by Crippen LogP contribution is -2.36. The van der Waals surface area contributed by atoms with E-state index < -0.39 is 16.1 Å². The number of anilines is 2. The number of amides is 2. The summed E-state index contributed by atoms with van der Waals surface area (Å²) >= 11 is 0.861. The van der Waals surface area contributed by atoms with Crippen LogP contribution in [0.5, 0.6) is 0 Å². The van der Waals surface area contributed by atoms with E-state index in [0.717, 1.165) is 29.0 Å². The largest absolute Gasteiger partial charge is 0.559 e. The first-order valence-corrected chi connectivity index (χ1v) is 12.9. The number of nitrogens with one attached hydrogen (secondary N) is 2. The summed E-state index contributed by atoms with van der Waals surface area (Å²) in [6.45, 7) is 2.89. The molecule has 0 radical (unpaired) electrons. The van der Waals surface area contributed by atoms with Gasteiger partial charge in [0, 0.05) is 12.2 Å². The van der Waals surface area contributed by atoms with E-state index in [1.54, 1.807) is 6.92 Å². The van der Waals surface area contributed by atoms with Crippen molar-refractivity contribution in [1.82, 2.24) is 9.88 Å². The SMILES string of the molecule is CCc1nc(N(CCCN(C)C)C(=O)Nc2ccc(-c3ccccc3)cc2)sc1S([NH-])(=O)=O. The van der Waals surface area contributed by atoms with Crippen molar-refractivity contribution in [1.29, 1.82) is 0 Å². The number of carbonyl (C=O) groups is 1. The quantitative estimate of drug-likeness (QED) is 0.453. The predicted octanol–water partition coefficient (Wildman–Crippen LogP) is 5.10. The molecule has 3 rings (SSSR count). The van der Waals surface area contributed by atoms with Crippen molar-refractivity contribution in [2.75, 3.05) is 37.4 Å². The molecule has 0 saturated carbocycles. The van der Waals surface area contributed by atoms with Gasteiger partial charge in [0.15, 0.2) is 5.13 Å². The molecule has 0 fully saturated rings.